The summed E-state index contributed by atoms with van der Waals surface area (Å²) in [4.78, 5) is 0. The lowest BCUT2D eigenvalue weighted by Crippen LogP contribution is -2.19. The van der Waals surface area contributed by atoms with E-state index in [0.29, 0.717) is 0 Å². The number of hydrogen-bond acceptors (Lipinski definition) is 2. The van der Waals surface area contributed by atoms with Gasteiger partial charge in [0.1, 0.15) is 11.9 Å². The fourth-order valence-electron chi connectivity index (χ4n) is 1.77. The van der Waals surface area contributed by atoms with Crippen LogP contribution in [0, 0.1) is 0 Å². The summed E-state index contributed by atoms with van der Waals surface area (Å²) < 4.78 is 11.3. The average molecular weight is 192 g/mol. The van der Waals surface area contributed by atoms with Gasteiger partial charge in [-0.05, 0) is 25.5 Å². The first kappa shape index (κ1) is 9.53. The molecule has 1 fully saturated rings. The predicted molar refractivity (Wildman–Crippen MR) is 55.9 cm³/mol. The second kappa shape index (κ2) is 3.62. The molecule has 1 aliphatic carbocycles. The van der Waals surface area contributed by atoms with Gasteiger partial charge in [-0.2, -0.15) is 0 Å². The molecule has 2 aliphatic rings. The van der Waals surface area contributed by atoms with E-state index in [1.54, 1.807) is 0 Å². The molecule has 0 bridgehead atoms. The van der Waals surface area contributed by atoms with E-state index in [1.165, 1.54) is 0 Å². The Labute approximate surface area is 84.9 Å². The molecule has 2 unspecified atom stereocenters. The zero-order valence-corrected chi connectivity index (χ0v) is 8.69. The summed E-state index contributed by atoms with van der Waals surface area (Å²) >= 11 is 0. The van der Waals surface area contributed by atoms with Gasteiger partial charge in [-0.3, -0.25) is 0 Å². The highest BCUT2D eigenvalue weighted by molar-refractivity contribution is 5.41. The highest BCUT2D eigenvalue weighted by Gasteiger charge is 2.58. The standard InChI is InChI=1S/C12H16O2/c1-3-8-12-10(13-9-4-2)6-5-7-11(12)14-12/h3,5-8,11H,4,9H2,1-2H3. The number of rotatable bonds is 4. The molecule has 2 nitrogen and oxygen atoms in total. The zero-order chi connectivity index (χ0) is 10.0. The topological polar surface area (TPSA) is 21.8 Å². The summed E-state index contributed by atoms with van der Waals surface area (Å²) in [5.74, 6) is 0.949. The van der Waals surface area contributed by atoms with Crippen LogP contribution in [0.2, 0.25) is 0 Å². The van der Waals surface area contributed by atoms with E-state index in [1.807, 2.05) is 25.2 Å². The Bertz CT molecular complexity index is 301. The lowest BCUT2D eigenvalue weighted by Gasteiger charge is -2.15. The Hall–Kier alpha value is -1.02. The van der Waals surface area contributed by atoms with Crippen molar-refractivity contribution in [3.8, 4) is 0 Å². The molecule has 2 atom stereocenters. The van der Waals surface area contributed by atoms with Gasteiger partial charge in [0.25, 0.3) is 0 Å². The van der Waals surface area contributed by atoms with E-state index in [2.05, 4.69) is 19.1 Å². The van der Waals surface area contributed by atoms with Crippen molar-refractivity contribution in [2.45, 2.75) is 32.0 Å². The fourth-order valence-corrected chi connectivity index (χ4v) is 1.77. The van der Waals surface area contributed by atoms with Crippen LogP contribution in [0.5, 0.6) is 0 Å². The number of ether oxygens (including phenoxy) is 2. The molecule has 1 saturated heterocycles. The van der Waals surface area contributed by atoms with E-state index in [0.717, 1.165) is 18.8 Å². The smallest absolute Gasteiger partial charge is 0.173 e. The van der Waals surface area contributed by atoms with Crippen LogP contribution in [0.3, 0.4) is 0 Å². The molecule has 14 heavy (non-hydrogen) atoms. The lowest BCUT2D eigenvalue weighted by atomic mass is 9.98. The van der Waals surface area contributed by atoms with Crippen LogP contribution in [0.25, 0.3) is 0 Å². The van der Waals surface area contributed by atoms with Crippen LogP contribution >= 0.6 is 0 Å². The van der Waals surface area contributed by atoms with Crippen molar-refractivity contribution >= 4 is 0 Å². The molecule has 1 aliphatic heterocycles. The molecule has 1 heterocycles. The van der Waals surface area contributed by atoms with Crippen molar-refractivity contribution in [2.24, 2.45) is 0 Å². The molecule has 0 radical (unpaired) electrons. The first-order valence-electron chi connectivity index (χ1n) is 5.17. The highest BCUT2D eigenvalue weighted by atomic mass is 16.6. The minimum atomic E-state index is -0.265. The van der Waals surface area contributed by atoms with Crippen LogP contribution < -0.4 is 0 Å². The van der Waals surface area contributed by atoms with Gasteiger partial charge in [-0.25, -0.2) is 0 Å². The van der Waals surface area contributed by atoms with Gasteiger partial charge in [-0.1, -0.05) is 25.2 Å². The van der Waals surface area contributed by atoms with Crippen molar-refractivity contribution < 1.29 is 9.47 Å². The van der Waals surface area contributed by atoms with Gasteiger partial charge in [-0.15, -0.1) is 0 Å². The summed E-state index contributed by atoms with van der Waals surface area (Å²) in [6, 6.07) is 0. The Morgan fingerprint density at radius 1 is 1.64 bits per heavy atom. The minimum Gasteiger partial charge on any atom is -0.494 e. The van der Waals surface area contributed by atoms with Crippen molar-refractivity contribution in [3.05, 3.63) is 36.1 Å². The average Bonchev–Trinajstić information content (AvgIpc) is 2.89. The number of hydrogen-bond donors (Lipinski definition) is 0. The third-order valence-corrected chi connectivity index (χ3v) is 2.48. The first-order valence-corrected chi connectivity index (χ1v) is 5.17. The quantitative estimate of drug-likeness (QED) is 0.504. The molecule has 76 valence electrons. The highest BCUT2D eigenvalue weighted by Crippen LogP contribution is 2.47. The zero-order valence-electron chi connectivity index (χ0n) is 8.69. The fraction of sp³-hybridized carbons (Fsp3) is 0.500. The minimum absolute atomic E-state index is 0.190. The molecule has 0 aromatic rings. The Morgan fingerprint density at radius 3 is 3.21 bits per heavy atom. The first-order chi connectivity index (χ1) is 6.83. The second-order valence-electron chi connectivity index (χ2n) is 3.60. The summed E-state index contributed by atoms with van der Waals surface area (Å²) in [5, 5.41) is 0. The summed E-state index contributed by atoms with van der Waals surface area (Å²) in [7, 11) is 0. The summed E-state index contributed by atoms with van der Waals surface area (Å²) in [6.45, 7) is 4.87. The Kier molecular flexibility index (Phi) is 2.46. The van der Waals surface area contributed by atoms with Crippen LogP contribution in [0.15, 0.2) is 36.1 Å². The molecule has 0 aromatic heterocycles. The molecule has 0 spiro atoms. The third-order valence-electron chi connectivity index (χ3n) is 2.48. The van der Waals surface area contributed by atoms with Crippen LogP contribution in [-0.4, -0.2) is 18.3 Å². The van der Waals surface area contributed by atoms with Crippen LogP contribution in [0.1, 0.15) is 20.3 Å². The van der Waals surface area contributed by atoms with Crippen LogP contribution in [0.4, 0.5) is 0 Å². The van der Waals surface area contributed by atoms with E-state index < -0.39 is 0 Å². The molecule has 2 rings (SSSR count). The number of epoxide rings is 1. The van der Waals surface area contributed by atoms with Crippen molar-refractivity contribution in [1.29, 1.82) is 0 Å². The SMILES string of the molecule is CC=CC12OC1C=CC=C2OCCC. The molecular weight excluding hydrogens is 176 g/mol. The Morgan fingerprint density at radius 2 is 2.50 bits per heavy atom. The van der Waals surface area contributed by atoms with Gasteiger partial charge in [0.2, 0.25) is 0 Å². The number of allylic oxidation sites excluding steroid dienone is 3. The van der Waals surface area contributed by atoms with Crippen molar-refractivity contribution in [2.75, 3.05) is 6.61 Å². The van der Waals surface area contributed by atoms with Crippen molar-refractivity contribution in [3.63, 3.8) is 0 Å². The summed E-state index contributed by atoms with van der Waals surface area (Å²) in [6.07, 6.45) is 11.4. The van der Waals surface area contributed by atoms with Gasteiger partial charge in [0.15, 0.2) is 5.60 Å². The second-order valence-corrected chi connectivity index (χ2v) is 3.60. The summed E-state index contributed by atoms with van der Waals surface area (Å²) in [5.41, 5.74) is -0.265. The van der Waals surface area contributed by atoms with Crippen molar-refractivity contribution in [1.82, 2.24) is 0 Å². The predicted octanol–water partition coefficient (Wildman–Crippen LogP) is 2.58. The molecule has 0 aromatic carbocycles. The molecule has 0 amide bonds. The number of fused-ring (bicyclic) bond motifs is 1. The normalized spacial score (nSPS) is 34.1. The third kappa shape index (κ3) is 1.40. The van der Waals surface area contributed by atoms with Gasteiger partial charge < -0.3 is 9.47 Å². The van der Waals surface area contributed by atoms with Gasteiger partial charge >= 0.3 is 0 Å². The largest absolute Gasteiger partial charge is 0.494 e. The Balaban J connectivity index is 2.12. The van der Waals surface area contributed by atoms with E-state index in [9.17, 15) is 0 Å². The lowest BCUT2D eigenvalue weighted by molar-refractivity contribution is 0.168. The maximum absolute atomic E-state index is 5.68. The van der Waals surface area contributed by atoms with Gasteiger partial charge in [0.05, 0.1) is 6.61 Å². The molecule has 2 heteroatoms. The monoisotopic (exact) mass is 192 g/mol. The van der Waals surface area contributed by atoms with E-state index in [4.69, 9.17) is 9.47 Å². The van der Waals surface area contributed by atoms with E-state index >= 15 is 0 Å². The van der Waals surface area contributed by atoms with E-state index in [-0.39, 0.29) is 11.7 Å². The molecule has 0 saturated carbocycles. The van der Waals surface area contributed by atoms with Crippen LogP contribution in [-0.2, 0) is 9.47 Å². The maximum Gasteiger partial charge on any atom is 0.173 e. The molecule has 0 N–H and O–H groups in total. The molecular formula is C12H16O2. The van der Waals surface area contributed by atoms with Gasteiger partial charge in [0, 0.05) is 0 Å². The maximum atomic E-state index is 5.68.